The lowest BCUT2D eigenvalue weighted by Gasteiger charge is -2.42. The molecule has 0 bridgehead atoms. The Bertz CT molecular complexity index is 1340. The van der Waals surface area contributed by atoms with Crippen LogP contribution in [-0.2, 0) is 6.18 Å². The molecule has 6 nitrogen and oxygen atoms in total. The van der Waals surface area contributed by atoms with Gasteiger partial charge in [-0.3, -0.25) is 0 Å². The number of nitrogens with zero attached hydrogens (tertiary/aromatic N) is 2. The van der Waals surface area contributed by atoms with Crippen molar-refractivity contribution in [1.29, 1.82) is 0 Å². The van der Waals surface area contributed by atoms with E-state index in [1.54, 1.807) is 0 Å². The van der Waals surface area contributed by atoms with Gasteiger partial charge in [0.25, 0.3) is 0 Å². The maximum atomic E-state index is 13.1. The third kappa shape index (κ3) is 4.03. The number of aliphatic imine (C=N–C) groups is 1. The average Bonchev–Trinajstić information content (AvgIpc) is 2.88. The number of ether oxygens (including phenoxy) is 2. The van der Waals surface area contributed by atoms with Crippen LogP contribution in [0.25, 0.3) is 5.70 Å². The Hall–Kier alpha value is -4.14. The second kappa shape index (κ2) is 8.26. The number of nitrogens with one attached hydrogen (secondary N) is 2. The summed E-state index contributed by atoms with van der Waals surface area (Å²) in [5.41, 5.74) is 3.69. The number of halogens is 3. The molecule has 6 rings (SSSR count). The van der Waals surface area contributed by atoms with Crippen molar-refractivity contribution in [2.75, 3.05) is 30.5 Å². The van der Waals surface area contributed by atoms with E-state index in [0.29, 0.717) is 37.2 Å². The van der Waals surface area contributed by atoms with Crippen molar-refractivity contribution < 1.29 is 22.6 Å². The summed E-state index contributed by atoms with van der Waals surface area (Å²) in [4.78, 5) is 6.73. The molecule has 3 aliphatic rings. The minimum Gasteiger partial charge on any atom is -0.486 e. The van der Waals surface area contributed by atoms with Gasteiger partial charge in [-0.25, -0.2) is 4.99 Å². The van der Waals surface area contributed by atoms with Gasteiger partial charge in [0.2, 0.25) is 0 Å². The number of rotatable bonds is 2. The fraction of sp³-hybridized carbons (Fsp3) is 0.192. The molecule has 0 aliphatic carbocycles. The molecule has 0 amide bonds. The van der Waals surface area contributed by atoms with Crippen LogP contribution in [0.5, 0.6) is 11.5 Å². The van der Waals surface area contributed by atoms with E-state index in [0.717, 1.165) is 40.3 Å². The zero-order valence-corrected chi connectivity index (χ0v) is 18.5. The van der Waals surface area contributed by atoms with Gasteiger partial charge in [-0.15, -0.1) is 0 Å². The number of amidine groups is 1. The Morgan fingerprint density at radius 3 is 2.51 bits per heavy atom. The molecule has 0 saturated heterocycles. The molecule has 3 aromatic carbocycles. The predicted octanol–water partition coefficient (Wildman–Crippen LogP) is 5.73. The maximum absolute atomic E-state index is 13.1. The van der Waals surface area contributed by atoms with E-state index >= 15 is 0 Å². The lowest BCUT2D eigenvalue weighted by Crippen LogP contribution is -2.39. The fourth-order valence-electron chi connectivity index (χ4n) is 4.46. The molecule has 3 aromatic rings. The molecule has 0 fully saturated rings. The van der Waals surface area contributed by atoms with Gasteiger partial charge >= 0.3 is 6.18 Å². The van der Waals surface area contributed by atoms with E-state index in [9.17, 15) is 13.2 Å². The van der Waals surface area contributed by atoms with Crippen LogP contribution in [0.1, 0.15) is 22.9 Å². The minimum atomic E-state index is -4.37. The van der Waals surface area contributed by atoms with Crippen molar-refractivity contribution in [3.8, 4) is 11.5 Å². The zero-order chi connectivity index (χ0) is 24.0. The fourth-order valence-corrected chi connectivity index (χ4v) is 4.46. The van der Waals surface area contributed by atoms with Crippen LogP contribution in [0.3, 0.4) is 0 Å². The molecule has 0 radical (unpaired) electrons. The summed E-state index contributed by atoms with van der Waals surface area (Å²) in [5.74, 6) is 2.07. The average molecular weight is 478 g/mol. The van der Waals surface area contributed by atoms with Gasteiger partial charge in [-0.1, -0.05) is 30.3 Å². The van der Waals surface area contributed by atoms with Gasteiger partial charge in [-0.05, 0) is 35.9 Å². The highest BCUT2D eigenvalue weighted by Gasteiger charge is 2.34. The summed E-state index contributed by atoms with van der Waals surface area (Å²) in [6.07, 6.45) is -2.78. The van der Waals surface area contributed by atoms with Gasteiger partial charge in [-0.2, -0.15) is 13.2 Å². The van der Waals surface area contributed by atoms with Crippen LogP contribution in [-0.4, -0.2) is 30.6 Å². The topological polar surface area (TPSA) is 58.1 Å². The molecule has 3 heterocycles. The van der Waals surface area contributed by atoms with Gasteiger partial charge in [0.05, 0.1) is 11.3 Å². The van der Waals surface area contributed by atoms with Crippen LogP contribution >= 0.6 is 0 Å². The summed E-state index contributed by atoms with van der Waals surface area (Å²) in [7, 11) is 0. The normalized spacial score (nSPS) is 18.5. The van der Waals surface area contributed by atoms with E-state index in [2.05, 4.69) is 15.6 Å². The van der Waals surface area contributed by atoms with E-state index in [1.165, 1.54) is 12.1 Å². The van der Waals surface area contributed by atoms with E-state index in [4.69, 9.17) is 9.47 Å². The maximum Gasteiger partial charge on any atom is 0.416 e. The lowest BCUT2D eigenvalue weighted by molar-refractivity contribution is -0.137. The molecule has 1 atom stereocenters. The van der Waals surface area contributed by atoms with Crippen LogP contribution in [0.15, 0.2) is 77.8 Å². The first-order valence-electron chi connectivity index (χ1n) is 11.2. The molecule has 1 unspecified atom stereocenters. The van der Waals surface area contributed by atoms with Crippen molar-refractivity contribution >= 4 is 22.9 Å². The van der Waals surface area contributed by atoms with Gasteiger partial charge < -0.3 is 25.0 Å². The number of alkyl halides is 3. The molecule has 178 valence electrons. The predicted molar refractivity (Wildman–Crippen MR) is 127 cm³/mol. The summed E-state index contributed by atoms with van der Waals surface area (Å²) in [6.45, 7) is 1.36. The molecule has 2 N–H and O–H groups in total. The Morgan fingerprint density at radius 1 is 0.943 bits per heavy atom. The molecular weight excluding hydrogens is 457 g/mol. The summed E-state index contributed by atoms with van der Waals surface area (Å²) >= 11 is 0. The highest BCUT2D eigenvalue weighted by atomic mass is 19.4. The monoisotopic (exact) mass is 478 g/mol. The van der Waals surface area contributed by atoms with E-state index in [1.807, 2.05) is 53.4 Å². The van der Waals surface area contributed by atoms with Gasteiger partial charge in [0, 0.05) is 29.1 Å². The molecule has 0 aromatic heterocycles. The van der Waals surface area contributed by atoms with Crippen molar-refractivity contribution in [3.63, 3.8) is 0 Å². The SMILES string of the molecule is FC(F)(F)c1ccc(C2Nc3ccccc3C3=CC(Nc4ccc5c(c4)OCCO5)=NCN32)cc1. The van der Waals surface area contributed by atoms with Crippen molar-refractivity contribution in [2.45, 2.75) is 12.3 Å². The Labute approximate surface area is 199 Å². The number of hydrogen-bond donors (Lipinski definition) is 2. The minimum absolute atomic E-state index is 0.325. The van der Waals surface area contributed by atoms with E-state index in [-0.39, 0.29) is 6.17 Å². The smallest absolute Gasteiger partial charge is 0.416 e. The van der Waals surface area contributed by atoms with Gasteiger partial charge in [0.1, 0.15) is 31.9 Å². The third-order valence-electron chi connectivity index (χ3n) is 6.15. The van der Waals surface area contributed by atoms with Gasteiger partial charge in [0.15, 0.2) is 11.5 Å². The summed E-state index contributed by atoms with van der Waals surface area (Å²) < 4.78 is 50.5. The second-order valence-electron chi connectivity index (χ2n) is 8.38. The highest BCUT2D eigenvalue weighted by Crippen LogP contribution is 2.42. The lowest BCUT2D eigenvalue weighted by atomic mass is 9.99. The number of para-hydroxylation sites is 1. The Kier molecular flexibility index (Phi) is 5.05. The van der Waals surface area contributed by atoms with E-state index < -0.39 is 11.7 Å². The Morgan fingerprint density at radius 2 is 1.71 bits per heavy atom. The third-order valence-corrected chi connectivity index (χ3v) is 6.15. The molecule has 9 heteroatoms. The van der Waals surface area contributed by atoms with Crippen molar-refractivity contribution in [1.82, 2.24) is 4.90 Å². The number of hydrogen-bond acceptors (Lipinski definition) is 6. The molecule has 35 heavy (non-hydrogen) atoms. The standard InChI is InChI=1S/C26H21F3N4O2/c27-26(28,29)17-7-5-16(6-8-17)25-32-20-4-2-1-3-19(20)21-14-24(30-15-33(21)25)31-18-9-10-22-23(13-18)35-12-11-34-22/h1-10,13-14,25,32H,11-12,15H2,(H,30,31). The van der Waals surface area contributed by atoms with Crippen LogP contribution < -0.4 is 20.1 Å². The van der Waals surface area contributed by atoms with Crippen molar-refractivity contribution in [2.24, 2.45) is 4.99 Å². The van der Waals surface area contributed by atoms with Crippen molar-refractivity contribution in [3.05, 3.63) is 89.5 Å². The highest BCUT2D eigenvalue weighted by molar-refractivity contribution is 6.09. The number of anilines is 2. The van der Waals surface area contributed by atoms with Crippen LogP contribution in [0.4, 0.5) is 24.5 Å². The van der Waals surface area contributed by atoms with Crippen LogP contribution in [0, 0.1) is 0 Å². The second-order valence-corrected chi connectivity index (χ2v) is 8.38. The first-order chi connectivity index (χ1) is 17.0. The molecule has 3 aliphatic heterocycles. The molecular formula is C26H21F3N4O2. The summed E-state index contributed by atoms with van der Waals surface area (Å²) in [5, 5.41) is 6.79. The first kappa shape index (κ1) is 21.4. The zero-order valence-electron chi connectivity index (χ0n) is 18.5. The number of benzene rings is 3. The molecule has 0 saturated carbocycles. The quantitative estimate of drug-likeness (QED) is 0.493. The number of fused-ring (bicyclic) bond motifs is 4. The summed E-state index contributed by atoms with van der Waals surface area (Å²) in [6, 6.07) is 18.8. The molecule has 0 spiro atoms. The first-order valence-corrected chi connectivity index (χ1v) is 11.2. The Balaban J connectivity index is 1.31. The largest absolute Gasteiger partial charge is 0.486 e. The van der Waals surface area contributed by atoms with Crippen LogP contribution in [0.2, 0.25) is 0 Å².